The predicted molar refractivity (Wildman–Crippen MR) is 100 cm³/mol. The highest BCUT2D eigenvalue weighted by Gasteiger charge is 2.47. The smallest absolute Gasteiger partial charge is 0.163 e. The number of hydrogen-bond donors (Lipinski definition) is 0. The standard InChI is InChI=1S/C22H24F2S/c1-21(2,3)18-14-8-4-5-9-17(14)25-22(12-6-7-13-22)19-15(18)10-11-16(23)20(19)24/h4-5,8-11,18H,6-7,12-13H2,1-3H3. The van der Waals surface area contributed by atoms with Crippen LogP contribution in [0.1, 0.15) is 69.1 Å². The number of rotatable bonds is 0. The first kappa shape index (κ1) is 17.1. The van der Waals surface area contributed by atoms with E-state index in [4.69, 9.17) is 0 Å². The summed E-state index contributed by atoms with van der Waals surface area (Å²) in [6, 6.07) is 11.6. The van der Waals surface area contributed by atoms with Crippen LogP contribution < -0.4 is 0 Å². The van der Waals surface area contributed by atoms with Crippen LogP contribution >= 0.6 is 11.8 Å². The van der Waals surface area contributed by atoms with Gasteiger partial charge >= 0.3 is 0 Å². The Morgan fingerprint density at radius 2 is 1.64 bits per heavy atom. The van der Waals surface area contributed by atoms with Crippen LogP contribution in [0.2, 0.25) is 0 Å². The Labute approximate surface area is 153 Å². The van der Waals surface area contributed by atoms with Crippen LogP contribution in [0.4, 0.5) is 8.78 Å². The number of thioether (sulfide) groups is 1. The van der Waals surface area contributed by atoms with Gasteiger partial charge in [-0.05, 0) is 41.5 Å². The molecule has 132 valence electrons. The zero-order chi connectivity index (χ0) is 17.8. The van der Waals surface area contributed by atoms with E-state index >= 15 is 4.39 Å². The highest BCUT2D eigenvalue weighted by atomic mass is 32.2. The van der Waals surface area contributed by atoms with Crippen molar-refractivity contribution < 1.29 is 8.78 Å². The average molecular weight is 358 g/mol. The lowest BCUT2D eigenvalue weighted by atomic mass is 9.70. The van der Waals surface area contributed by atoms with Gasteiger partial charge in [0, 0.05) is 21.1 Å². The van der Waals surface area contributed by atoms with E-state index in [2.05, 4.69) is 45.0 Å². The van der Waals surface area contributed by atoms with Gasteiger partial charge in [-0.3, -0.25) is 0 Å². The van der Waals surface area contributed by atoms with Gasteiger partial charge in [-0.15, -0.1) is 11.8 Å². The van der Waals surface area contributed by atoms with E-state index in [0.29, 0.717) is 5.56 Å². The van der Waals surface area contributed by atoms with Crippen molar-refractivity contribution in [1.29, 1.82) is 0 Å². The van der Waals surface area contributed by atoms with Crippen molar-refractivity contribution in [2.45, 2.75) is 62.0 Å². The van der Waals surface area contributed by atoms with E-state index in [1.54, 1.807) is 11.8 Å². The molecule has 0 aromatic heterocycles. The van der Waals surface area contributed by atoms with Gasteiger partial charge in [0.05, 0.1) is 0 Å². The van der Waals surface area contributed by atoms with Crippen LogP contribution in [-0.2, 0) is 4.75 Å². The molecule has 2 aliphatic rings. The lowest BCUT2D eigenvalue weighted by Crippen LogP contribution is -2.25. The Kier molecular flexibility index (Phi) is 3.99. The maximum absolute atomic E-state index is 15.2. The summed E-state index contributed by atoms with van der Waals surface area (Å²) in [6.07, 6.45) is 3.97. The molecular formula is C22H24F2S. The minimum atomic E-state index is -0.718. The Morgan fingerprint density at radius 3 is 2.32 bits per heavy atom. The van der Waals surface area contributed by atoms with Gasteiger partial charge in [0.2, 0.25) is 0 Å². The second-order valence-electron chi connectivity index (χ2n) is 8.47. The summed E-state index contributed by atoms with van der Waals surface area (Å²) >= 11 is 1.77. The molecule has 3 heteroatoms. The minimum absolute atomic E-state index is 0.0567. The zero-order valence-electron chi connectivity index (χ0n) is 15.0. The van der Waals surface area contributed by atoms with E-state index in [1.807, 2.05) is 6.07 Å². The summed E-state index contributed by atoms with van der Waals surface area (Å²) in [5.74, 6) is -1.29. The summed E-state index contributed by atoms with van der Waals surface area (Å²) in [7, 11) is 0. The number of benzene rings is 2. The molecule has 2 aromatic rings. The molecule has 0 radical (unpaired) electrons. The van der Waals surface area contributed by atoms with E-state index in [0.717, 1.165) is 31.2 Å². The van der Waals surface area contributed by atoms with Gasteiger partial charge in [-0.1, -0.05) is 57.9 Å². The molecule has 2 aromatic carbocycles. The topological polar surface area (TPSA) is 0 Å². The van der Waals surface area contributed by atoms with Crippen molar-refractivity contribution in [3.8, 4) is 0 Å². The maximum Gasteiger partial charge on any atom is 0.163 e. The number of fused-ring (bicyclic) bond motifs is 3. The third kappa shape index (κ3) is 2.63. The first-order valence-corrected chi connectivity index (χ1v) is 9.91. The van der Waals surface area contributed by atoms with Crippen LogP contribution in [-0.4, -0.2) is 0 Å². The molecule has 1 aliphatic carbocycles. The third-order valence-corrected chi connectivity index (χ3v) is 7.30. The van der Waals surface area contributed by atoms with Crippen molar-refractivity contribution in [3.05, 3.63) is 64.7 Å². The molecular weight excluding hydrogens is 334 g/mol. The first-order chi connectivity index (χ1) is 11.8. The second kappa shape index (κ2) is 5.84. The number of halogens is 2. The monoisotopic (exact) mass is 358 g/mol. The summed E-state index contributed by atoms with van der Waals surface area (Å²) in [4.78, 5) is 1.22. The molecule has 25 heavy (non-hydrogen) atoms. The van der Waals surface area contributed by atoms with Crippen molar-refractivity contribution in [3.63, 3.8) is 0 Å². The lowest BCUT2D eigenvalue weighted by molar-refractivity contribution is 0.350. The van der Waals surface area contributed by atoms with Crippen molar-refractivity contribution in [1.82, 2.24) is 0 Å². The SMILES string of the molecule is CC(C)(C)C1c2ccccc2SC2(CCCC2)c2c1ccc(F)c2F. The molecule has 4 rings (SSSR count). The van der Waals surface area contributed by atoms with E-state index in [9.17, 15) is 4.39 Å². The molecule has 0 saturated heterocycles. The van der Waals surface area contributed by atoms with E-state index < -0.39 is 11.6 Å². The minimum Gasteiger partial charge on any atom is -0.204 e. The molecule has 1 saturated carbocycles. The molecule has 0 nitrogen and oxygen atoms in total. The third-order valence-electron chi connectivity index (χ3n) is 5.71. The van der Waals surface area contributed by atoms with Crippen LogP contribution in [0.15, 0.2) is 41.3 Å². The van der Waals surface area contributed by atoms with E-state index in [-0.39, 0.29) is 16.1 Å². The summed E-state index contributed by atoms with van der Waals surface area (Å²) < 4.78 is 29.1. The Balaban J connectivity index is 2.09. The van der Waals surface area contributed by atoms with Gasteiger partial charge < -0.3 is 0 Å². The van der Waals surface area contributed by atoms with Gasteiger partial charge in [0.15, 0.2) is 11.6 Å². The fraction of sp³-hybridized carbons (Fsp3) is 0.455. The molecule has 0 amide bonds. The van der Waals surface area contributed by atoms with Crippen LogP contribution in [0.5, 0.6) is 0 Å². The molecule has 0 bridgehead atoms. The summed E-state index contributed by atoms with van der Waals surface area (Å²) in [5.41, 5.74) is 2.77. The normalized spacial score (nSPS) is 21.7. The Bertz CT molecular complexity index is 813. The van der Waals surface area contributed by atoms with Crippen molar-refractivity contribution in [2.24, 2.45) is 5.41 Å². The van der Waals surface area contributed by atoms with Crippen molar-refractivity contribution in [2.75, 3.05) is 0 Å². The predicted octanol–water partition coefficient (Wildman–Crippen LogP) is 7.02. The molecule has 1 unspecified atom stereocenters. The highest BCUT2D eigenvalue weighted by molar-refractivity contribution is 8.00. The van der Waals surface area contributed by atoms with Gasteiger partial charge in [0.25, 0.3) is 0 Å². The van der Waals surface area contributed by atoms with E-state index in [1.165, 1.54) is 16.5 Å². The van der Waals surface area contributed by atoms with Gasteiger partial charge in [-0.2, -0.15) is 0 Å². The highest BCUT2D eigenvalue weighted by Crippen LogP contribution is 2.61. The summed E-state index contributed by atoms with van der Waals surface area (Å²) in [5, 5.41) is 0. The zero-order valence-corrected chi connectivity index (χ0v) is 15.9. The molecule has 1 aliphatic heterocycles. The molecule has 1 heterocycles. The molecule has 1 fully saturated rings. The fourth-order valence-electron chi connectivity index (χ4n) is 4.74. The van der Waals surface area contributed by atoms with Crippen LogP contribution in [0, 0.1) is 17.0 Å². The molecule has 0 N–H and O–H groups in total. The van der Waals surface area contributed by atoms with Gasteiger partial charge in [0.1, 0.15) is 0 Å². The molecule has 1 atom stereocenters. The maximum atomic E-state index is 15.2. The van der Waals surface area contributed by atoms with Crippen LogP contribution in [0.25, 0.3) is 0 Å². The first-order valence-electron chi connectivity index (χ1n) is 9.10. The van der Waals surface area contributed by atoms with Crippen LogP contribution in [0.3, 0.4) is 0 Å². The number of hydrogen-bond acceptors (Lipinski definition) is 1. The molecule has 1 spiro atoms. The van der Waals surface area contributed by atoms with Crippen molar-refractivity contribution >= 4 is 11.8 Å². The summed E-state index contributed by atoms with van der Waals surface area (Å²) in [6.45, 7) is 6.57. The van der Waals surface area contributed by atoms with Gasteiger partial charge in [-0.25, -0.2) is 8.78 Å². The largest absolute Gasteiger partial charge is 0.204 e. The lowest BCUT2D eigenvalue weighted by Gasteiger charge is -2.34. The fourth-order valence-corrected chi connectivity index (χ4v) is 6.42. The average Bonchev–Trinajstić information content (AvgIpc) is 2.95. The Hall–Kier alpha value is -1.35. The Morgan fingerprint density at radius 1 is 0.960 bits per heavy atom. The quantitative estimate of drug-likeness (QED) is 0.488. The second-order valence-corrected chi connectivity index (χ2v) is 9.89.